The first-order valence-corrected chi connectivity index (χ1v) is 12.5. The summed E-state index contributed by atoms with van der Waals surface area (Å²) in [7, 11) is 0. The summed E-state index contributed by atoms with van der Waals surface area (Å²) >= 11 is 1.47. The van der Waals surface area contributed by atoms with Crippen molar-refractivity contribution in [3.05, 3.63) is 78.0 Å². The number of aromatic nitrogens is 3. The minimum atomic E-state index is -0.459. The molecule has 0 unspecified atom stereocenters. The van der Waals surface area contributed by atoms with E-state index in [1.807, 2.05) is 68.4 Å². The zero-order chi connectivity index (χ0) is 25.3. The summed E-state index contributed by atoms with van der Waals surface area (Å²) in [6, 6.07) is 18.7. The third-order valence-electron chi connectivity index (χ3n) is 6.02. The van der Waals surface area contributed by atoms with Crippen LogP contribution in [0, 0.1) is 18.3 Å². The molecule has 2 aromatic carbocycles. The molecule has 2 N–H and O–H groups in total. The molecule has 8 heteroatoms. The first kappa shape index (κ1) is 23.6. The number of carbonyl (C=O) groups is 2. The highest BCUT2D eigenvalue weighted by Crippen LogP contribution is 2.31. The van der Waals surface area contributed by atoms with Gasteiger partial charge in [-0.05, 0) is 74.7 Å². The lowest BCUT2D eigenvalue weighted by atomic mass is 9.85. The monoisotopic (exact) mass is 495 g/mol. The van der Waals surface area contributed by atoms with Gasteiger partial charge >= 0.3 is 0 Å². The molecule has 0 radical (unpaired) electrons. The molecule has 5 rings (SSSR count). The van der Waals surface area contributed by atoms with E-state index in [0.717, 1.165) is 28.3 Å². The van der Waals surface area contributed by atoms with Gasteiger partial charge in [0.2, 0.25) is 5.91 Å². The molecule has 0 saturated heterocycles. The van der Waals surface area contributed by atoms with E-state index in [1.54, 1.807) is 16.8 Å². The molecule has 0 aliphatic heterocycles. The Hall–Kier alpha value is -4.09. The van der Waals surface area contributed by atoms with Crippen molar-refractivity contribution in [3.63, 3.8) is 0 Å². The molecule has 7 nitrogen and oxygen atoms in total. The van der Waals surface area contributed by atoms with Gasteiger partial charge in [0.1, 0.15) is 5.03 Å². The lowest BCUT2D eigenvalue weighted by molar-refractivity contribution is -0.117. The third-order valence-corrected chi connectivity index (χ3v) is 6.93. The number of benzene rings is 2. The van der Waals surface area contributed by atoms with Crippen LogP contribution in [0.3, 0.4) is 0 Å². The van der Waals surface area contributed by atoms with Crippen LogP contribution in [0.5, 0.6) is 0 Å². The SMILES string of the molecule is C#CC(C)(C)c1cccc(C(=O)Nc2cccc(Sc3ccc4nc(NC(=O)C5CC5)cn4n3)c2)c1. The fourth-order valence-corrected chi connectivity index (χ4v) is 4.49. The fourth-order valence-electron chi connectivity index (χ4n) is 3.65. The highest BCUT2D eigenvalue weighted by atomic mass is 32.2. The van der Waals surface area contributed by atoms with Crippen LogP contribution in [0.1, 0.15) is 42.6 Å². The van der Waals surface area contributed by atoms with E-state index < -0.39 is 5.41 Å². The van der Waals surface area contributed by atoms with E-state index in [4.69, 9.17) is 6.42 Å². The number of rotatable bonds is 7. The Balaban J connectivity index is 1.28. The van der Waals surface area contributed by atoms with Gasteiger partial charge in [-0.15, -0.1) is 6.42 Å². The van der Waals surface area contributed by atoms with Crippen molar-refractivity contribution >= 4 is 40.7 Å². The Bertz CT molecular complexity index is 1510. The van der Waals surface area contributed by atoms with Gasteiger partial charge in [0, 0.05) is 22.1 Å². The van der Waals surface area contributed by atoms with Crippen molar-refractivity contribution in [3.8, 4) is 12.3 Å². The number of hydrogen-bond donors (Lipinski definition) is 2. The third kappa shape index (κ3) is 5.26. The second-order valence-electron chi connectivity index (χ2n) is 9.30. The van der Waals surface area contributed by atoms with Crippen LogP contribution in [-0.2, 0) is 10.2 Å². The average molecular weight is 496 g/mol. The van der Waals surface area contributed by atoms with Gasteiger partial charge in [0.15, 0.2) is 11.5 Å². The normalized spacial score (nSPS) is 13.2. The Morgan fingerprint density at radius 3 is 2.67 bits per heavy atom. The number of hydrogen-bond acceptors (Lipinski definition) is 5. The summed E-state index contributed by atoms with van der Waals surface area (Å²) in [5.74, 6) is 3.19. The summed E-state index contributed by atoms with van der Waals surface area (Å²) in [6.45, 7) is 3.90. The van der Waals surface area contributed by atoms with E-state index in [1.165, 1.54) is 11.8 Å². The number of terminal acetylenes is 1. The molecule has 4 aromatic rings. The standard InChI is InChI=1S/C28H25N5O2S/c1-4-28(2,3)20-8-5-7-19(15-20)27(35)29-21-9-6-10-22(16-21)36-25-14-13-24-30-23(17-33(24)32-25)31-26(34)18-11-12-18/h1,5-10,13-18H,11-12H2,2-3H3,(H,29,35)(H,31,34). The van der Waals surface area contributed by atoms with Crippen molar-refractivity contribution in [1.82, 2.24) is 14.6 Å². The summed E-state index contributed by atoms with van der Waals surface area (Å²) in [5.41, 5.74) is 2.34. The predicted octanol–water partition coefficient (Wildman–Crippen LogP) is 5.39. The molecule has 180 valence electrons. The van der Waals surface area contributed by atoms with Gasteiger partial charge in [-0.1, -0.05) is 35.9 Å². The molecule has 0 atom stereocenters. The maximum atomic E-state index is 12.9. The first-order chi connectivity index (χ1) is 17.3. The molecular weight excluding hydrogens is 470 g/mol. The second-order valence-corrected chi connectivity index (χ2v) is 10.4. The summed E-state index contributed by atoms with van der Waals surface area (Å²) < 4.78 is 1.65. The topological polar surface area (TPSA) is 88.4 Å². The predicted molar refractivity (Wildman–Crippen MR) is 141 cm³/mol. The molecule has 0 spiro atoms. The van der Waals surface area contributed by atoms with Gasteiger partial charge in [-0.2, -0.15) is 5.10 Å². The van der Waals surface area contributed by atoms with Crippen LogP contribution >= 0.6 is 11.8 Å². The molecule has 36 heavy (non-hydrogen) atoms. The van der Waals surface area contributed by atoms with Crippen molar-refractivity contribution < 1.29 is 9.59 Å². The lowest BCUT2D eigenvalue weighted by Crippen LogP contribution is -2.17. The van der Waals surface area contributed by atoms with E-state index in [0.29, 0.717) is 22.7 Å². The number of fused-ring (bicyclic) bond motifs is 1. The van der Waals surface area contributed by atoms with E-state index in [9.17, 15) is 9.59 Å². The average Bonchev–Trinajstić information content (AvgIpc) is 3.65. The zero-order valence-corrected chi connectivity index (χ0v) is 20.8. The van der Waals surface area contributed by atoms with Crippen molar-refractivity contribution in [2.75, 3.05) is 10.6 Å². The molecule has 2 aromatic heterocycles. The van der Waals surface area contributed by atoms with Crippen molar-refractivity contribution in [1.29, 1.82) is 0 Å². The molecule has 0 bridgehead atoms. The Morgan fingerprint density at radius 1 is 1.08 bits per heavy atom. The number of nitrogens with one attached hydrogen (secondary N) is 2. The molecule has 2 amide bonds. The summed E-state index contributed by atoms with van der Waals surface area (Å²) in [6.07, 6.45) is 9.24. The number of carbonyl (C=O) groups excluding carboxylic acids is 2. The molecule has 1 fully saturated rings. The highest BCUT2D eigenvalue weighted by molar-refractivity contribution is 7.99. The van der Waals surface area contributed by atoms with Crippen molar-refractivity contribution in [2.24, 2.45) is 5.92 Å². The minimum Gasteiger partial charge on any atom is -0.322 e. The highest BCUT2D eigenvalue weighted by Gasteiger charge is 2.30. The number of anilines is 2. The quantitative estimate of drug-likeness (QED) is 0.336. The zero-order valence-electron chi connectivity index (χ0n) is 20.0. The number of amides is 2. The molecular formula is C28H25N5O2S. The first-order valence-electron chi connectivity index (χ1n) is 11.7. The van der Waals surface area contributed by atoms with Gasteiger partial charge in [0.25, 0.3) is 5.91 Å². The summed E-state index contributed by atoms with van der Waals surface area (Å²) in [4.78, 5) is 30.2. The van der Waals surface area contributed by atoms with Crippen LogP contribution in [0.4, 0.5) is 11.5 Å². The molecule has 2 heterocycles. The maximum absolute atomic E-state index is 12.9. The Morgan fingerprint density at radius 2 is 1.89 bits per heavy atom. The molecule has 1 aliphatic carbocycles. The number of nitrogens with zero attached hydrogens (tertiary/aromatic N) is 3. The maximum Gasteiger partial charge on any atom is 0.255 e. The minimum absolute atomic E-state index is 0.0124. The van der Waals surface area contributed by atoms with E-state index >= 15 is 0 Å². The van der Waals surface area contributed by atoms with Crippen molar-refractivity contribution in [2.45, 2.75) is 42.0 Å². The van der Waals surface area contributed by atoms with Gasteiger partial charge in [-0.3, -0.25) is 9.59 Å². The van der Waals surface area contributed by atoms with Crippen LogP contribution in [0.15, 0.2) is 76.8 Å². The Labute approximate surface area is 213 Å². The fraction of sp³-hybridized carbons (Fsp3) is 0.214. The van der Waals surface area contributed by atoms with Crippen LogP contribution in [-0.4, -0.2) is 26.4 Å². The lowest BCUT2D eigenvalue weighted by Gasteiger charge is -2.18. The molecule has 1 saturated carbocycles. The second kappa shape index (κ2) is 9.51. The molecule has 1 aliphatic rings. The van der Waals surface area contributed by atoms with E-state index in [-0.39, 0.29) is 17.7 Å². The van der Waals surface area contributed by atoms with Crippen LogP contribution < -0.4 is 10.6 Å². The summed E-state index contributed by atoms with van der Waals surface area (Å²) in [5, 5.41) is 11.2. The largest absolute Gasteiger partial charge is 0.322 e. The van der Waals surface area contributed by atoms with E-state index in [2.05, 4.69) is 26.6 Å². The van der Waals surface area contributed by atoms with Crippen LogP contribution in [0.2, 0.25) is 0 Å². The number of imidazole rings is 1. The van der Waals surface area contributed by atoms with Gasteiger partial charge in [-0.25, -0.2) is 9.50 Å². The Kier molecular flexibility index (Phi) is 6.25. The van der Waals surface area contributed by atoms with Gasteiger partial charge < -0.3 is 10.6 Å². The van der Waals surface area contributed by atoms with Gasteiger partial charge in [0.05, 0.1) is 11.6 Å². The smallest absolute Gasteiger partial charge is 0.255 e. The van der Waals surface area contributed by atoms with Crippen LogP contribution in [0.25, 0.3) is 5.65 Å².